The molecule has 1 heterocycles. The summed E-state index contributed by atoms with van der Waals surface area (Å²) in [5, 5.41) is 6.34. The molecule has 0 aliphatic rings. The molecule has 0 atom stereocenters. The third-order valence-corrected chi connectivity index (χ3v) is 3.01. The van der Waals surface area contributed by atoms with Crippen LogP contribution in [0.2, 0.25) is 0 Å². The molecule has 2 nitrogen and oxygen atoms in total. The molecule has 0 unspecified atom stereocenters. The Morgan fingerprint density at radius 3 is 2.65 bits per heavy atom. The fourth-order valence-corrected chi connectivity index (χ4v) is 2.14. The SMILES string of the molecule is c1ccc2c(CCc3ccno3)cccc2c1. The molecule has 2 heteroatoms. The van der Waals surface area contributed by atoms with Crippen molar-refractivity contribution in [3.05, 3.63) is 66.1 Å². The van der Waals surface area contributed by atoms with E-state index in [9.17, 15) is 0 Å². The monoisotopic (exact) mass is 223 g/mol. The van der Waals surface area contributed by atoms with Crippen LogP contribution in [0.3, 0.4) is 0 Å². The van der Waals surface area contributed by atoms with Gasteiger partial charge in [-0.1, -0.05) is 47.6 Å². The molecule has 84 valence electrons. The standard InChI is InChI=1S/C15H13NO/c1-2-7-15-12(4-1)5-3-6-13(15)8-9-14-10-11-16-17-14/h1-7,10-11H,8-9H2. The van der Waals surface area contributed by atoms with E-state index in [1.54, 1.807) is 6.20 Å². The summed E-state index contributed by atoms with van der Waals surface area (Å²) >= 11 is 0. The molecular formula is C15H13NO. The Hall–Kier alpha value is -2.09. The van der Waals surface area contributed by atoms with Crippen molar-refractivity contribution >= 4 is 10.8 Å². The quantitative estimate of drug-likeness (QED) is 0.678. The Labute approximate surface area is 99.9 Å². The Morgan fingerprint density at radius 1 is 0.882 bits per heavy atom. The molecule has 0 saturated heterocycles. The summed E-state index contributed by atoms with van der Waals surface area (Å²) in [5.74, 6) is 0.943. The van der Waals surface area contributed by atoms with Crippen LogP contribution < -0.4 is 0 Å². The summed E-state index contributed by atoms with van der Waals surface area (Å²) < 4.78 is 5.12. The molecule has 2 aromatic carbocycles. The van der Waals surface area contributed by atoms with Crippen molar-refractivity contribution in [2.75, 3.05) is 0 Å². The Kier molecular flexibility index (Phi) is 2.62. The zero-order valence-electron chi connectivity index (χ0n) is 9.47. The van der Waals surface area contributed by atoms with Crippen LogP contribution in [0.25, 0.3) is 10.8 Å². The van der Waals surface area contributed by atoms with Gasteiger partial charge in [-0.15, -0.1) is 0 Å². The number of hydrogen-bond acceptors (Lipinski definition) is 2. The number of hydrogen-bond donors (Lipinski definition) is 0. The highest BCUT2D eigenvalue weighted by atomic mass is 16.5. The van der Waals surface area contributed by atoms with Gasteiger partial charge in [-0.05, 0) is 22.8 Å². The van der Waals surface area contributed by atoms with Gasteiger partial charge < -0.3 is 4.52 Å². The van der Waals surface area contributed by atoms with Crippen LogP contribution in [0.1, 0.15) is 11.3 Å². The number of rotatable bonds is 3. The first-order chi connectivity index (χ1) is 8.43. The highest BCUT2D eigenvalue weighted by molar-refractivity contribution is 5.85. The van der Waals surface area contributed by atoms with Crippen molar-refractivity contribution in [2.24, 2.45) is 0 Å². The van der Waals surface area contributed by atoms with Gasteiger partial charge in [0.2, 0.25) is 0 Å². The van der Waals surface area contributed by atoms with Crippen molar-refractivity contribution in [1.82, 2.24) is 5.16 Å². The summed E-state index contributed by atoms with van der Waals surface area (Å²) in [5.41, 5.74) is 1.36. The van der Waals surface area contributed by atoms with Crippen molar-refractivity contribution in [2.45, 2.75) is 12.8 Å². The minimum Gasteiger partial charge on any atom is -0.361 e. The van der Waals surface area contributed by atoms with Gasteiger partial charge in [-0.3, -0.25) is 0 Å². The highest BCUT2D eigenvalue weighted by Crippen LogP contribution is 2.19. The molecule has 3 aromatic rings. The van der Waals surface area contributed by atoms with E-state index in [0.717, 1.165) is 18.6 Å². The largest absolute Gasteiger partial charge is 0.361 e. The minimum atomic E-state index is 0.897. The summed E-state index contributed by atoms with van der Waals surface area (Å²) in [4.78, 5) is 0. The second kappa shape index (κ2) is 4.42. The van der Waals surface area contributed by atoms with E-state index in [-0.39, 0.29) is 0 Å². The summed E-state index contributed by atoms with van der Waals surface area (Å²) in [7, 11) is 0. The van der Waals surface area contributed by atoms with Crippen LogP contribution >= 0.6 is 0 Å². The predicted octanol–water partition coefficient (Wildman–Crippen LogP) is 3.61. The van der Waals surface area contributed by atoms with Gasteiger partial charge in [0.05, 0.1) is 6.20 Å². The van der Waals surface area contributed by atoms with Crippen LogP contribution in [0.4, 0.5) is 0 Å². The number of nitrogens with zero attached hydrogens (tertiary/aromatic N) is 1. The minimum absolute atomic E-state index is 0.897. The lowest BCUT2D eigenvalue weighted by molar-refractivity contribution is 0.383. The summed E-state index contributed by atoms with van der Waals surface area (Å²) in [6.45, 7) is 0. The molecular weight excluding hydrogens is 210 g/mol. The van der Waals surface area contributed by atoms with Crippen molar-refractivity contribution in [3.63, 3.8) is 0 Å². The van der Waals surface area contributed by atoms with E-state index < -0.39 is 0 Å². The predicted molar refractivity (Wildman–Crippen MR) is 67.9 cm³/mol. The molecule has 0 radical (unpaired) electrons. The second-order valence-electron chi connectivity index (χ2n) is 4.12. The third kappa shape index (κ3) is 2.07. The molecule has 0 N–H and O–H groups in total. The molecule has 17 heavy (non-hydrogen) atoms. The van der Waals surface area contributed by atoms with Crippen LogP contribution in [0.15, 0.2) is 59.3 Å². The van der Waals surface area contributed by atoms with Crippen LogP contribution in [-0.2, 0) is 12.8 Å². The molecule has 0 fully saturated rings. The van der Waals surface area contributed by atoms with E-state index >= 15 is 0 Å². The number of fused-ring (bicyclic) bond motifs is 1. The maximum atomic E-state index is 5.12. The molecule has 1 aromatic heterocycles. The van der Waals surface area contributed by atoms with Gasteiger partial charge in [0.1, 0.15) is 5.76 Å². The average molecular weight is 223 g/mol. The molecule has 0 aliphatic heterocycles. The second-order valence-corrected chi connectivity index (χ2v) is 4.12. The molecule has 3 rings (SSSR count). The number of benzene rings is 2. The maximum absolute atomic E-state index is 5.12. The lowest BCUT2D eigenvalue weighted by atomic mass is 10.0. The molecule has 0 aliphatic carbocycles. The van der Waals surface area contributed by atoms with Crippen molar-refractivity contribution in [1.29, 1.82) is 0 Å². The smallest absolute Gasteiger partial charge is 0.137 e. The van der Waals surface area contributed by atoms with Crippen LogP contribution in [-0.4, -0.2) is 5.16 Å². The Morgan fingerprint density at radius 2 is 1.76 bits per heavy atom. The van der Waals surface area contributed by atoms with E-state index in [1.807, 2.05) is 6.07 Å². The van der Waals surface area contributed by atoms with Crippen molar-refractivity contribution < 1.29 is 4.52 Å². The highest BCUT2D eigenvalue weighted by Gasteiger charge is 2.02. The van der Waals surface area contributed by atoms with Gasteiger partial charge in [0.25, 0.3) is 0 Å². The van der Waals surface area contributed by atoms with Crippen molar-refractivity contribution in [3.8, 4) is 0 Å². The topological polar surface area (TPSA) is 26.0 Å². The van der Waals surface area contributed by atoms with E-state index in [4.69, 9.17) is 4.52 Å². The normalized spacial score (nSPS) is 10.8. The molecule has 0 bridgehead atoms. The lowest BCUT2D eigenvalue weighted by Crippen LogP contribution is -1.91. The fraction of sp³-hybridized carbons (Fsp3) is 0.133. The Balaban J connectivity index is 1.90. The van der Waals surface area contributed by atoms with Crippen LogP contribution in [0.5, 0.6) is 0 Å². The zero-order valence-corrected chi connectivity index (χ0v) is 9.47. The first-order valence-corrected chi connectivity index (χ1v) is 5.80. The zero-order chi connectivity index (χ0) is 11.5. The maximum Gasteiger partial charge on any atom is 0.137 e. The van der Waals surface area contributed by atoms with Gasteiger partial charge in [0, 0.05) is 12.5 Å². The number of aryl methyl sites for hydroxylation is 2. The van der Waals surface area contributed by atoms with E-state index in [1.165, 1.54) is 16.3 Å². The average Bonchev–Trinajstić information content (AvgIpc) is 2.89. The van der Waals surface area contributed by atoms with E-state index in [2.05, 4.69) is 47.6 Å². The molecule has 0 saturated carbocycles. The van der Waals surface area contributed by atoms with Gasteiger partial charge in [-0.2, -0.15) is 0 Å². The van der Waals surface area contributed by atoms with E-state index in [0.29, 0.717) is 0 Å². The number of aromatic nitrogens is 1. The van der Waals surface area contributed by atoms with Gasteiger partial charge in [-0.25, -0.2) is 0 Å². The Bertz CT molecular complexity index is 608. The molecule has 0 spiro atoms. The first kappa shape index (κ1) is 10.1. The lowest BCUT2D eigenvalue weighted by Gasteiger charge is -2.04. The van der Waals surface area contributed by atoms with Gasteiger partial charge in [0.15, 0.2) is 0 Å². The van der Waals surface area contributed by atoms with Gasteiger partial charge >= 0.3 is 0 Å². The summed E-state index contributed by atoms with van der Waals surface area (Å²) in [6.07, 6.45) is 3.57. The van der Waals surface area contributed by atoms with Crippen LogP contribution in [0, 0.1) is 0 Å². The fourth-order valence-electron chi connectivity index (χ4n) is 2.14. The molecule has 0 amide bonds. The third-order valence-electron chi connectivity index (χ3n) is 3.01. The summed E-state index contributed by atoms with van der Waals surface area (Å²) in [6, 6.07) is 16.8. The first-order valence-electron chi connectivity index (χ1n) is 5.80.